The van der Waals surface area contributed by atoms with Gasteiger partial charge in [0, 0.05) is 18.0 Å². The summed E-state index contributed by atoms with van der Waals surface area (Å²) >= 11 is 1.37. The molecule has 19 heavy (non-hydrogen) atoms. The Hall–Kier alpha value is -1.95. The number of aromatic nitrogens is 2. The molecule has 0 fully saturated rings. The van der Waals surface area contributed by atoms with Crippen LogP contribution in [0, 0.1) is 6.92 Å². The van der Waals surface area contributed by atoms with Crippen molar-refractivity contribution in [2.45, 2.75) is 11.8 Å². The van der Waals surface area contributed by atoms with E-state index in [1.807, 2.05) is 13.2 Å². The molecule has 2 aromatic rings. The van der Waals surface area contributed by atoms with Crippen molar-refractivity contribution in [2.24, 2.45) is 7.05 Å². The number of hydrogen-bond donors (Lipinski definition) is 1. The van der Waals surface area contributed by atoms with Gasteiger partial charge in [-0.05, 0) is 25.3 Å². The fraction of sp³-hybridized carbons (Fsp3) is 0.231. The Morgan fingerprint density at radius 3 is 2.74 bits per heavy atom. The highest BCUT2D eigenvalue weighted by atomic mass is 32.2. The van der Waals surface area contributed by atoms with Gasteiger partial charge in [0.15, 0.2) is 0 Å². The molecule has 1 N–H and O–H groups in total. The van der Waals surface area contributed by atoms with Crippen molar-refractivity contribution in [3.63, 3.8) is 0 Å². The van der Waals surface area contributed by atoms with Crippen molar-refractivity contribution in [2.75, 3.05) is 6.26 Å². The van der Waals surface area contributed by atoms with Gasteiger partial charge in [-0.15, -0.1) is 11.8 Å². The van der Waals surface area contributed by atoms with Crippen LogP contribution in [0.25, 0.3) is 0 Å². The van der Waals surface area contributed by atoms with E-state index >= 15 is 0 Å². The van der Waals surface area contributed by atoms with Crippen LogP contribution in [0.2, 0.25) is 0 Å². The molecule has 1 heterocycles. The number of hydrogen-bond acceptors (Lipinski definition) is 4. The topological polar surface area (TPSA) is 64.4 Å². The van der Waals surface area contributed by atoms with E-state index < -0.39 is 5.97 Å². The number of carbonyl (C=O) groups is 1. The number of thioether (sulfide) groups is 1. The first kappa shape index (κ1) is 13.5. The molecule has 0 unspecified atom stereocenters. The third-order valence-electron chi connectivity index (χ3n) is 2.60. The molecule has 0 saturated heterocycles. The quantitative estimate of drug-likeness (QED) is 0.871. The minimum absolute atomic E-state index is 0.175. The monoisotopic (exact) mass is 278 g/mol. The zero-order chi connectivity index (χ0) is 14.0. The lowest BCUT2D eigenvalue weighted by atomic mass is 10.2. The van der Waals surface area contributed by atoms with Crippen LogP contribution < -0.4 is 4.74 Å². The second-order valence-corrected chi connectivity index (χ2v) is 4.84. The van der Waals surface area contributed by atoms with E-state index in [2.05, 4.69) is 5.10 Å². The van der Waals surface area contributed by atoms with Gasteiger partial charge in [-0.3, -0.25) is 0 Å². The second kappa shape index (κ2) is 5.36. The average molecular weight is 278 g/mol. The van der Waals surface area contributed by atoms with Gasteiger partial charge in [-0.25, -0.2) is 9.48 Å². The molecule has 0 aliphatic rings. The molecular weight excluding hydrogens is 264 g/mol. The maximum atomic E-state index is 11.4. The molecular formula is C13H14N2O3S. The van der Waals surface area contributed by atoms with E-state index in [9.17, 15) is 9.90 Å². The third kappa shape index (κ3) is 2.73. The van der Waals surface area contributed by atoms with Crippen molar-refractivity contribution in [1.29, 1.82) is 0 Å². The molecule has 0 aliphatic carbocycles. The molecule has 6 heteroatoms. The van der Waals surface area contributed by atoms with Gasteiger partial charge in [0.2, 0.25) is 5.88 Å². The van der Waals surface area contributed by atoms with Gasteiger partial charge in [0.25, 0.3) is 0 Å². The summed E-state index contributed by atoms with van der Waals surface area (Å²) in [6.45, 7) is 1.85. The van der Waals surface area contributed by atoms with Gasteiger partial charge >= 0.3 is 5.97 Å². The normalized spacial score (nSPS) is 10.5. The summed E-state index contributed by atoms with van der Waals surface area (Å²) in [5.41, 5.74) is 0.990. The van der Waals surface area contributed by atoms with E-state index in [0.29, 0.717) is 16.5 Å². The maximum Gasteiger partial charge on any atom is 0.340 e. The summed E-state index contributed by atoms with van der Waals surface area (Å²) in [5.74, 6) is -0.167. The Morgan fingerprint density at radius 2 is 2.21 bits per heavy atom. The highest BCUT2D eigenvalue weighted by molar-refractivity contribution is 7.98. The number of ether oxygens (including phenoxy) is 1. The van der Waals surface area contributed by atoms with Crippen molar-refractivity contribution >= 4 is 17.7 Å². The summed E-state index contributed by atoms with van der Waals surface area (Å²) in [5, 5.41) is 13.5. The number of nitrogens with zero attached hydrogens (tertiary/aromatic N) is 2. The smallest absolute Gasteiger partial charge is 0.340 e. The summed E-state index contributed by atoms with van der Waals surface area (Å²) in [6, 6.07) is 6.94. The van der Waals surface area contributed by atoms with Crippen LogP contribution in [0.1, 0.15) is 16.1 Å². The van der Waals surface area contributed by atoms with Gasteiger partial charge in [-0.1, -0.05) is 6.07 Å². The highest BCUT2D eigenvalue weighted by Gasteiger charge is 2.17. The minimum atomic E-state index is -1.00. The standard InChI is InChI=1S/C13H14N2O3S/c1-8-7-11(15(2)14-8)18-9-5-4-6-10(19-3)12(9)13(16)17/h4-7H,1-3H3,(H,16,17). The lowest BCUT2D eigenvalue weighted by molar-refractivity contribution is 0.0690. The molecule has 2 rings (SSSR count). The fourth-order valence-electron chi connectivity index (χ4n) is 1.77. The predicted octanol–water partition coefficient (Wildman–Crippen LogP) is 2.94. The van der Waals surface area contributed by atoms with Crippen LogP contribution in [0.3, 0.4) is 0 Å². The minimum Gasteiger partial charge on any atom is -0.478 e. The van der Waals surface area contributed by atoms with Crippen LogP contribution in [0.5, 0.6) is 11.6 Å². The Morgan fingerprint density at radius 1 is 1.47 bits per heavy atom. The number of carboxylic acids is 1. The number of aryl methyl sites for hydroxylation is 2. The Bertz CT molecular complexity index is 622. The number of benzene rings is 1. The molecule has 0 amide bonds. The maximum absolute atomic E-state index is 11.4. The van der Waals surface area contributed by atoms with Gasteiger partial charge in [0.1, 0.15) is 11.3 Å². The molecule has 1 aromatic carbocycles. The largest absolute Gasteiger partial charge is 0.478 e. The van der Waals surface area contributed by atoms with Gasteiger partial charge < -0.3 is 9.84 Å². The Kier molecular flexibility index (Phi) is 3.80. The number of rotatable bonds is 4. The lowest BCUT2D eigenvalue weighted by Crippen LogP contribution is -2.03. The van der Waals surface area contributed by atoms with Crippen molar-refractivity contribution in [1.82, 2.24) is 9.78 Å². The van der Waals surface area contributed by atoms with Gasteiger partial charge in [-0.2, -0.15) is 5.10 Å². The van der Waals surface area contributed by atoms with E-state index in [1.165, 1.54) is 11.8 Å². The molecule has 0 atom stereocenters. The van der Waals surface area contributed by atoms with Crippen LogP contribution in [0.15, 0.2) is 29.2 Å². The Balaban J connectivity index is 2.45. The first-order chi connectivity index (χ1) is 9.02. The fourth-order valence-corrected chi connectivity index (χ4v) is 2.38. The van der Waals surface area contributed by atoms with Crippen LogP contribution in [-0.2, 0) is 7.05 Å². The van der Waals surface area contributed by atoms with Crippen molar-refractivity contribution < 1.29 is 14.6 Å². The second-order valence-electron chi connectivity index (χ2n) is 3.99. The summed E-state index contributed by atoms with van der Waals surface area (Å²) in [6.07, 6.45) is 1.83. The molecule has 1 aromatic heterocycles. The molecule has 5 nitrogen and oxygen atoms in total. The van der Waals surface area contributed by atoms with E-state index in [-0.39, 0.29) is 5.56 Å². The number of carboxylic acid groups (broad SMARTS) is 1. The summed E-state index contributed by atoms with van der Waals surface area (Å²) < 4.78 is 7.25. The van der Waals surface area contributed by atoms with E-state index in [4.69, 9.17) is 4.74 Å². The molecule has 100 valence electrons. The molecule has 0 aliphatic heterocycles. The van der Waals surface area contributed by atoms with Crippen LogP contribution in [0.4, 0.5) is 0 Å². The number of aromatic carboxylic acids is 1. The van der Waals surface area contributed by atoms with E-state index in [0.717, 1.165) is 5.69 Å². The lowest BCUT2D eigenvalue weighted by Gasteiger charge is -2.11. The van der Waals surface area contributed by atoms with Crippen LogP contribution >= 0.6 is 11.8 Å². The summed E-state index contributed by atoms with van der Waals surface area (Å²) in [4.78, 5) is 12.0. The zero-order valence-electron chi connectivity index (χ0n) is 10.9. The average Bonchev–Trinajstić information content (AvgIpc) is 2.67. The molecule has 0 spiro atoms. The summed E-state index contributed by atoms with van der Waals surface area (Å²) in [7, 11) is 1.75. The highest BCUT2D eigenvalue weighted by Crippen LogP contribution is 2.32. The van der Waals surface area contributed by atoms with E-state index in [1.54, 1.807) is 36.0 Å². The third-order valence-corrected chi connectivity index (χ3v) is 3.38. The molecule has 0 saturated carbocycles. The Labute approximate surface area is 115 Å². The SMILES string of the molecule is CSc1cccc(Oc2cc(C)nn2C)c1C(=O)O. The van der Waals surface area contributed by atoms with Gasteiger partial charge in [0.05, 0.1) is 5.69 Å². The van der Waals surface area contributed by atoms with Crippen molar-refractivity contribution in [3.05, 3.63) is 35.5 Å². The molecule has 0 bridgehead atoms. The first-order valence-electron chi connectivity index (χ1n) is 5.61. The predicted molar refractivity (Wildman–Crippen MR) is 73.2 cm³/mol. The molecule has 0 radical (unpaired) electrons. The first-order valence-corrected chi connectivity index (χ1v) is 6.84. The van der Waals surface area contributed by atoms with Crippen LogP contribution in [-0.4, -0.2) is 27.1 Å². The van der Waals surface area contributed by atoms with Crippen molar-refractivity contribution in [3.8, 4) is 11.6 Å². The zero-order valence-corrected chi connectivity index (χ0v) is 11.7.